The van der Waals surface area contributed by atoms with Gasteiger partial charge in [-0.1, -0.05) is 35.9 Å². The molecule has 30 heavy (non-hydrogen) atoms. The van der Waals surface area contributed by atoms with Crippen LogP contribution in [0.3, 0.4) is 0 Å². The van der Waals surface area contributed by atoms with Crippen molar-refractivity contribution in [1.29, 1.82) is 0 Å². The second kappa shape index (κ2) is 10.6. The predicted octanol–water partition coefficient (Wildman–Crippen LogP) is 6.77. The molecule has 0 saturated heterocycles. The van der Waals surface area contributed by atoms with Gasteiger partial charge in [-0.05, 0) is 80.0 Å². The first-order valence-electron chi connectivity index (χ1n) is 10.1. The number of allylic oxidation sites excluding steroid dienone is 1. The van der Waals surface area contributed by atoms with Gasteiger partial charge in [0.05, 0.1) is 6.10 Å². The van der Waals surface area contributed by atoms with E-state index in [1.165, 1.54) is 11.3 Å². The number of hydrogen-bond donors (Lipinski definition) is 2. The van der Waals surface area contributed by atoms with Gasteiger partial charge in [0.1, 0.15) is 4.88 Å². The summed E-state index contributed by atoms with van der Waals surface area (Å²) >= 11 is 14.1. The smallest absolute Gasteiger partial charge is 0.345 e. The molecule has 4 atom stereocenters. The van der Waals surface area contributed by atoms with Crippen molar-refractivity contribution in [3.8, 4) is 0 Å². The molecular weight excluding hydrogens is 439 g/mol. The molecule has 0 spiro atoms. The SMILES string of the molecule is C/C=C/c1cc(Cl)cc(/C=C\[C@@H]2[C@@H](CCCc3ccc(C(=O)O)s3)[C@H](Cl)C[C@H]2O)c1. The molecule has 2 aromatic rings. The second-order valence-corrected chi connectivity index (χ2v) is 9.87. The third kappa shape index (κ3) is 5.98. The van der Waals surface area contributed by atoms with E-state index in [0.29, 0.717) is 16.3 Å². The molecule has 0 amide bonds. The van der Waals surface area contributed by atoms with Crippen molar-refractivity contribution in [3.05, 3.63) is 68.4 Å². The van der Waals surface area contributed by atoms with Crippen LogP contribution in [0.1, 0.15) is 51.9 Å². The number of rotatable bonds is 8. The largest absolute Gasteiger partial charge is 0.477 e. The quantitative estimate of drug-likeness (QED) is 0.423. The number of aliphatic hydroxyl groups excluding tert-OH is 1. The molecule has 0 unspecified atom stereocenters. The Labute approximate surface area is 191 Å². The van der Waals surface area contributed by atoms with Crippen LogP contribution < -0.4 is 0 Å². The van der Waals surface area contributed by atoms with Gasteiger partial charge in [0.25, 0.3) is 0 Å². The molecule has 0 aliphatic heterocycles. The maximum Gasteiger partial charge on any atom is 0.345 e. The van der Waals surface area contributed by atoms with Gasteiger partial charge < -0.3 is 10.2 Å². The fraction of sp³-hybridized carbons (Fsp3) is 0.375. The van der Waals surface area contributed by atoms with Crippen LogP contribution in [0.4, 0.5) is 0 Å². The summed E-state index contributed by atoms with van der Waals surface area (Å²) < 4.78 is 0. The zero-order chi connectivity index (χ0) is 21.7. The van der Waals surface area contributed by atoms with E-state index in [1.807, 2.05) is 43.4 Å². The molecule has 0 bridgehead atoms. The highest BCUT2D eigenvalue weighted by Crippen LogP contribution is 2.40. The molecular formula is C24H26Cl2O3S. The van der Waals surface area contributed by atoms with E-state index in [4.69, 9.17) is 28.3 Å². The van der Waals surface area contributed by atoms with Gasteiger partial charge in [-0.3, -0.25) is 0 Å². The van der Waals surface area contributed by atoms with E-state index in [-0.39, 0.29) is 17.2 Å². The molecule has 1 heterocycles. The van der Waals surface area contributed by atoms with Crippen LogP contribution in [0.15, 0.2) is 42.5 Å². The maximum absolute atomic E-state index is 11.0. The zero-order valence-corrected chi connectivity index (χ0v) is 19.1. The lowest BCUT2D eigenvalue weighted by Gasteiger charge is -2.20. The topological polar surface area (TPSA) is 57.5 Å². The Bertz CT molecular complexity index is 934. The molecule has 1 aromatic carbocycles. The van der Waals surface area contributed by atoms with Gasteiger partial charge in [-0.15, -0.1) is 22.9 Å². The number of hydrogen-bond acceptors (Lipinski definition) is 3. The van der Waals surface area contributed by atoms with Crippen LogP contribution in [-0.4, -0.2) is 27.7 Å². The van der Waals surface area contributed by atoms with Crippen molar-refractivity contribution in [1.82, 2.24) is 0 Å². The normalized spacial score (nSPS) is 24.3. The molecule has 3 rings (SSSR count). The Morgan fingerprint density at radius 1 is 1.23 bits per heavy atom. The summed E-state index contributed by atoms with van der Waals surface area (Å²) in [6, 6.07) is 9.44. The van der Waals surface area contributed by atoms with Crippen LogP contribution in [0.5, 0.6) is 0 Å². The highest BCUT2D eigenvalue weighted by atomic mass is 35.5. The molecule has 0 radical (unpaired) electrons. The first-order valence-corrected chi connectivity index (χ1v) is 11.8. The van der Waals surface area contributed by atoms with Gasteiger partial charge in [-0.2, -0.15) is 0 Å². The Hall–Kier alpha value is -1.59. The molecule has 1 aliphatic rings. The van der Waals surface area contributed by atoms with Crippen LogP contribution in [0.2, 0.25) is 5.02 Å². The van der Waals surface area contributed by atoms with Gasteiger partial charge in [0, 0.05) is 21.2 Å². The lowest BCUT2D eigenvalue weighted by molar-refractivity contribution is 0.0702. The van der Waals surface area contributed by atoms with Crippen LogP contribution in [-0.2, 0) is 6.42 Å². The number of halogens is 2. The zero-order valence-electron chi connectivity index (χ0n) is 16.8. The molecule has 6 heteroatoms. The van der Waals surface area contributed by atoms with Gasteiger partial charge in [0.15, 0.2) is 0 Å². The highest BCUT2D eigenvalue weighted by molar-refractivity contribution is 7.13. The average molecular weight is 465 g/mol. The number of aliphatic hydroxyl groups is 1. The predicted molar refractivity (Wildman–Crippen MR) is 127 cm³/mol. The molecule has 1 aromatic heterocycles. The number of aromatic carboxylic acids is 1. The number of carbonyl (C=O) groups is 1. The van der Waals surface area contributed by atoms with Crippen LogP contribution in [0.25, 0.3) is 12.2 Å². The fourth-order valence-corrected chi connectivity index (χ4v) is 5.73. The fourth-order valence-electron chi connectivity index (χ4n) is 4.12. The molecule has 3 nitrogen and oxygen atoms in total. The third-order valence-electron chi connectivity index (χ3n) is 5.52. The minimum Gasteiger partial charge on any atom is -0.477 e. The summed E-state index contributed by atoms with van der Waals surface area (Å²) in [7, 11) is 0. The Morgan fingerprint density at radius 3 is 2.63 bits per heavy atom. The van der Waals surface area contributed by atoms with Crippen molar-refractivity contribution in [2.45, 2.75) is 44.1 Å². The van der Waals surface area contributed by atoms with Crippen molar-refractivity contribution < 1.29 is 15.0 Å². The molecule has 1 saturated carbocycles. The number of benzene rings is 1. The van der Waals surface area contributed by atoms with E-state index >= 15 is 0 Å². The number of carboxylic acid groups (broad SMARTS) is 1. The monoisotopic (exact) mass is 464 g/mol. The molecule has 1 fully saturated rings. The Balaban J connectivity index is 1.65. The highest BCUT2D eigenvalue weighted by Gasteiger charge is 2.39. The summed E-state index contributed by atoms with van der Waals surface area (Å²) in [6.45, 7) is 1.97. The van der Waals surface area contributed by atoms with Crippen LogP contribution in [0, 0.1) is 11.8 Å². The molecule has 2 N–H and O–H groups in total. The summed E-state index contributed by atoms with van der Waals surface area (Å²) in [5.74, 6) is -0.699. The maximum atomic E-state index is 11.0. The van der Waals surface area contributed by atoms with Gasteiger partial charge in [0.2, 0.25) is 0 Å². The van der Waals surface area contributed by atoms with E-state index in [1.54, 1.807) is 6.07 Å². The number of aryl methyl sites for hydroxylation is 1. The van der Waals surface area contributed by atoms with Crippen molar-refractivity contribution in [3.63, 3.8) is 0 Å². The van der Waals surface area contributed by atoms with E-state index < -0.39 is 12.1 Å². The van der Waals surface area contributed by atoms with Gasteiger partial charge >= 0.3 is 5.97 Å². The van der Waals surface area contributed by atoms with E-state index in [9.17, 15) is 9.90 Å². The lowest BCUT2D eigenvalue weighted by Crippen LogP contribution is -2.18. The summed E-state index contributed by atoms with van der Waals surface area (Å²) in [4.78, 5) is 12.5. The third-order valence-corrected chi connectivity index (χ3v) is 7.37. The number of alkyl halides is 1. The Morgan fingerprint density at radius 2 is 1.97 bits per heavy atom. The van der Waals surface area contributed by atoms with Crippen molar-refractivity contribution in [2.75, 3.05) is 0 Å². The first-order chi connectivity index (χ1) is 14.4. The minimum absolute atomic E-state index is 0.00503. The average Bonchev–Trinajstić information content (AvgIpc) is 3.25. The summed E-state index contributed by atoms with van der Waals surface area (Å²) in [6.07, 6.45) is 10.8. The summed E-state index contributed by atoms with van der Waals surface area (Å²) in [5, 5.41) is 20.2. The number of thiophene rings is 1. The second-order valence-electron chi connectivity index (χ2n) is 7.70. The van der Waals surface area contributed by atoms with E-state index in [2.05, 4.69) is 12.1 Å². The first kappa shape index (κ1) is 23.1. The van der Waals surface area contributed by atoms with E-state index in [0.717, 1.165) is 35.3 Å². The van der Waals surface area contributed by atoms with Crippen molar-refractivity contribution >= 4 is 52.7 Å². The standard InChI is InChI=1S/C24H26Cl2O3S/c1-2-4-15-11-16(13-17(25)12-15)7-9-20-19(21(26)14-22(20)27)6-3-5-18-8-10-23(30-18)24(28)29/h2,4,7-13,19-22,27H,3,5-6,14H2,1H3,(H,28,29)/b4-2+,9-7-/t19-,20-,21-,22-/m1/s1. The van der Waals surface area contributed by atoms with Gasteiger partial charge in [-0.25, -0.2) is 4.79 Å². The molecule has 1 aliphatic carbocycles. The van der Waals surface area contributed by atoms with Crippen molar-refractivity contribution in [2.24, 2.45) is 11.8 Å². The lowest BCUT2D eigenvalue weighted by atomic mass is 9.89. The molecule has 160 valence electrons. The van der Waals surface area contributed by atoms with Crippen LogP contribution >= 0.6 is 34.5 Å². The minimum atomic E-state index is -0.880. The Kier molecular flexibility index (Phi) is 8.18. The summed E-state index contributed by atoms with van der Waals surface area (Å²) in [5.41, 5.74) is 2.04. The number of carboxylic acids is 1.